The number of hydroxylamine groups is 1. The Kier molecular flexibility index (Phi) is 2.00. The Hall–Kier alpha value is -1.39. The van der Waals surface area contributed by atoms with E-state index in [2.05, 4.69) is 5.48 Å². The third kappa shape index (κ3) is 1.41. The molecule has 4 heteroatoms. The van der Waals surface area contributed by atoms with Gasteiger partial charge < -0.3 is 5.73 Å². The van der Waals surface area contributed by atoms with E-state index in [1.807, 2.05) is 30.3 Å². The minimum absolute atomic E-state index is 0.270. The number of hydrogen-bond donors (Lipinski definition) is 2. The lowest BCUT2D eigenvalue weighted by Crippen LogP contribution is -2.33. The Morgan fingerprint density at radius 1 is 1.31 bits per heavy atom. The van der Waals surface area contributed by atoms with E-state index in [1.165, 1.54) is 0 Å². The molecule has 0 aliphatic carbocycles. The van der Waals surface area contributed by atoms with Crippen molar-refractivity contribution in [3.63, 3.8) is 0 Å². The van der Waals surface area contributed by atoms with E-state index in [9.17, 15) is 4.79 Å². The number of carbonyl (C=O) groups excluding carboxylic acids is 1. The maximum Gasteiger partial charge on any atom is 0.263 e. The van der Waals surface area contributed by atoms with E-state index in [0.717, 1.165) is 5.56 Å². The molecule has 13 heavy (non-hydrogen) atoms. The van der Waals surface area contributed by atoms with Gasteiger partial charge in [-0.3, -0.25) is 9.63 Å². The standard InChI is InChI=1S/C9H10N2O2/c10-7-8(13-11-9(7)12)6-4-2-1-3-5-6/h1-5,7-8H,10H2,(H,11,12)/t7-,8-/m1/s1. The van der Waals surface area contributed by atoms with Crippen molar-refractivity contribution in [1.82, 2.24) is 5.48 Å². The lowest BCUT2D eigenvalue weighted by Gasteiger charge is -2.10. The number of benzene rings is 1. The lowest BCUT2D eigenvalue weighted by molar-refractivity contribution is -0.125. The molecule has 0 spiro atoms. The van der Waals surface area contributed by atoms with Gasteiger partial charge in [0.1, 0.15) is 12.1 Å². The van der Waals surface area contributed by atoms with Gasteiger partial charge in [-0.25, -0.2) is 5.48 Å². The molecule has 0 saturated carbocycles. The second-order valence-electron chi connectivity index (χ2n) is 2.94. The van der Waals surface area contributed by atoms with Crippen LogP contribution in [0.4, 0.5) is 0 Å². The van der Waals surface area contributed by atoms with Crippen LogP contribution in [0.1, 0.15) is 11.7 Å². The molecule has 3 N–H and O–H groups in total. The predicted octanol–water partition coefficient (Wildman–Crippen LogP) is 0.116. The third-order valence-electron chi connectivity index (χ3n) is 2.04. The van der Waals surface area contributed by atoms with Gasteiger partial charge in [-0.1, -0.05) is 30.3 Å². The van der Waals surface area contributed by atoms with E-state index in [1.54, 1.807) is 0 Å². The fourth-order valence-corrected chi connectivity index (χ4v) is 1.32. The molecule has 4 nitrogen and oxygen atoms in total. The number of nitrogens with two attached hydrogens (primary N) is 1. The minimum Gasteiger partial charge on any atom is -0.317 e. The van der Waals surface area contributed by atoms with Crippen molar-refractivity contribution >= 4 is 5.91 Å². The molecule has 0 aromatic heterocycles. The molecule has 0 radical (unpaired) electrons. The minimum atomic E-state index is -0.609. The van der Waals surface area contributed by atoms with Gasteiger partial charge in [0.2, 0.25) is 0 Å². The third-order valence-corrected chi connectivity index (χ3v) is 2.04. The molecule has 1 saturated heterocycles. The zero-order valence-electron chi connectivity index (χ0n) is 6.94. The van der Waals surface area contributed by atoms with Gasteiger partial charge in [-0.15, -0.1) is 0 Å². The van der Waals surface area contributed by atoms with Crippen molar-refractivity contribution in [3.05, 3.63) is 35.9 Å². The predicted molar refractivity (Wildman–Crippen MR) is 46.4 cm³/mol. The highest BCUT2D eigenvalue weighted by atomic mass is 16.7. The average Bonchev–Trinajstić information content (AvgIpc) is 2.49. The van der Waals surface area contributed by atoms with Crippen molar-refractivity contribution in [3.8, 4) is 0 Å². The smallest absolute Gasteiger partial charge is 0.263 e. The Morgan fingerprint density at radius 2 is 2.00 bits per heavy atom. The monoisotopic (exact) mass is 178 g/mol. The van der Waals surface area contributed by atoms with Gasteiger partial charge in [-0.05, 0) is 5.56 Å². The number of amides is 1. The van der Waals surface area contributed by atoms with Crippen LogP contribution in [0.15, 0.2) is 30.3 Å². The van der Waals surface area contributed by atoms with E-state index in [4.69, 9.17) is 10.6 Å². The molecule has 1 fully saturated rings. The van der Waals surface area contributed by atoms with Crippen LogP contribution in [-0.2, 0) is 9.63 Å². The normalized spacial score (nSPS) is 27.3. The Balaban J connectivity index is 2.24. The first kappa shape index (κ1) is 8.22. The maximum atomic E-state index is 11.0. The molecule has 68 valence electrons. The number of carbonyl (C=O) groups is 1. The van der Waals surface area contributed by atoms with E-state index >= 15 is 0 Å². The van der Waals surface area contributed by atoms with Gasteiger partial charge in [-0.2, -0.15) is 0 Å². The van der Waals surface area contributed by atoms with Crippen LogP contribution >= 0.6 is 0 Å². The van der Waals surface area contributed by atoms with E-state index < -0.39 is 6.04 Å². The van der Waals surface area contributed by atoms with Crippen LogP contribution in [0.5, 0.6) is 0 Å². The summed E-state index contributed by atoms with van der Waals surface area (Å²) in [6.07, 6.45) is -0.367. The summed E-state index contributed by atoms with van der Waals surface area (Å²) >= 11 is 0. The second kappa shape index (κ2) is 3.16. The zero-order valence-corrected chi connectivity index (χ0v) is 6.94. The highest BCUT2D eigenvalue weighted by Crippen LogP contribution is 2.22. The first-order valence-electron chi connectivity index (χ1n) is 4.05. The van der Waals surface area contributed by atoms with Gasteiger partial charge in [0, 0.05) is 0 Å². The van der Waals surface area contributed by atoms with Crippen LogP contribution in [0.25, 0.3) is 0 Å². The number of nitrogens with one attached hydrogen (secondary N) is 1. The maximum absolute atomic E-state index is 11.0. The quantitative estimate of drug-likeness (QED) is 0.641. The van der Waals surface area contributed by atoms with Crippen LogP contribution in [-0.4, -0.2) is 11.9 Å². The van der Waals surface area contributed by atoms with Crippen molar-refractivity contribution in [2.24, 2.45) is 5.73 Å². The summed E-state index contributed by atoms with van der Waals surface area (Å²) in [5.74, 6) is -0.270. The lowest BCUT2D eigenvalue weighted by atomic mass is 10.0. The van der Waals surface area contributed by atoms with Crippen molar-refractivity contribution in [1.29, 1.82) is 0 Å². The molecule has 1 aromatic rings. The molecule has 1 aliphatic heterocycles. The fourth-order valence-electron chi connectivity index (χ4n) is 1.32. The molecule has 1 heterocycles. The molecule has 1 aromatic carbocycles. The topological polar surface area (TPSA) is 64.4 Å². The highest BCUT2D eigenvalue weighted by Gasteiger charge is 2.34. The summed E-state index contributed by atoms with van der Waals surface area (Å²) in [4.78, 5) is 16.0. The van der Waals surface area contributed by atoms with Gasteiger partial charge >= 0.3 is 0 Å². The van der Waals surface area contributed by atoms with Crippen LogP contribution in [0, 0.1) is 0 Å². The van der Waals surface area contributed by atoms with Crippen molar-refractivity contribution < 1.29 is 9.63 Å². The molecule has 1 aliphatic rings. The first-order valence-corrected chi connectivity index (χ1v) is 4.05. The molecule has 1 amide bonds. The van der Waals surface area contributed by atoms with Crippen molar-refractivity contribution in [2.45, 2.75) is 12.1 Å². The Labute approximate surface area is 75.6 Å². The Morgan fingerprint density at radius 3 is 2.54 bits per heavy atom. The molecular weight excluding hydrogens is 168 g/mol. The van der Waals surface area contributed by atoms with E-state index in [0.29, 0.717) is 0 Å². The summed E-state index contributed by atoms with van der Waals surface area (Å²) in [6, 6.07) is 8.82. The average molecular weight is 178 g/mol. The summed E-state index contributed by atoms with van der Waals surface area (Å²) < 4.78 is 0. The molecule has 0 bridgehead atoms. The number of hydrogen-bond acceptors (Lipinski definition) is 3. The summed E-state index contributed by atoms with van der Waals surface area (Å²) in [5, 5.41) is 0. The van der Waals surface area contributed by atoms with Gasteiger partial charge in [0.25, 0.3) is 5.91 Å². The van der Waals surface area contributed by atoms with Gasteiger partial charge in [0.05, 0.1) is 0 Å². The molecule has 2 rings (SSSR count). The molecule has 2 atom stereocenters. The van der Waals surface area contributed by atoms with E-state index in [-0.39, 0.29) is 12.0 Å². The Bertz CT molecular complexity index is 313. The molecular formula is C9H10N2O2. The number of rotatable bonds is 1. The largest absolute Gasteiger partial charge is 0.317 e. The fraction of sp³-hybridized carbons (Fsp3) is 0.222. The van der Waals surface area contributed by atoms with Crippen LogP contribution in [0.3, 0.4) is 0 Å². The zero-order chi connectivity index (χ0) is 9.26. The summed E-state index contributed by atoms with van der Waals surface area (Å²) in [5.41, 5.74) is 8.78. The second-order valence-corrected chi connectivity index (χ2v) is 2.94. The summed E-state index contributed by atoms with van der Waals surface area (Å²) in [7, 11) is 0. The summed E-state index contributed by atoms with van der Waals surface area (Å²) in [6.45, 7) is 0. The van der Waals surface area contributed by atoms with Crippen LogP contribution < -0.4 is 11.2 Å². The highest BCUT2D eigenvalue weighted by molar-refractivity contribution is 5.83. The first-order chi connectivity index (χ1) is 6.29. The molecule has 0 unspecified atom stereocenters. The SMILES string of the molecule is N[C@H]1C(=O)NO[C@@H]1c1ccccc1. The van der Waals surface area contributed by atoms with Crippen LogP contribution in [0.2, 0.25) is 0 Å². The van der Waals surface area contributed by atoms with Crippen molar-refractivity contribution in [2.75, 3.05) is 0 Å². The van der Waals surface area contributed by atoms with Gasteiger partial charge in [0.15, 0.2) is 0 Å².